The van der Waals surface area contributed by atoms with Crippen LogP contribution in [0, 0.1) is 12.7 Å². The van der Waals surface area contributed by atoms with E-state index < -0.39 is 21.9 Å². The lowest BCUT2D eigenvalue weighted by molar-refractivity contribution is 0.155. The number of hydrogen-bond donors (Lipinski definition) is 2. The lowest BCUT2D eigenvalue weighted by Crippen LogP contribution is -2.45. The summed E-state index contributed by atoms with van der Waals surface area (Å²) >= 11 is 0. The third-order valence-corrected chi connectivity index (χ3v) is 5.58. The van der Waals surface area contributed by atoms with E-state index in [4.69, 9.17) is 5.73 Å². The first-order chi connectivity index (χ1) is 9.37. The summed E-state index contributed by atoms with van der Waals surface area (Å²) in [6, 6.07) is 2.01. The molecule has 3 N–H and O–H groups in total. The molecule has 1 heterocycles. The van der Waals surface area contributed by atoms with Gasteiger partial charge in [-0.15, -0.1) is 0 Å². The predicted molar refractivity (Wildman–Crippen MR) is 74.2 cm³/mol. The van der Waals surface area contributed by atoms with Crippen molar-refractivity contribution in [2.24, 2.45) is 0 Å². The minimum atomic E-state index is -3.76. The number of nitrogens with zero attached hydrogens (tertiary/aromatic N) is 1. The number of sulfonamides is 1. The zero-order valence-corrected chi connectivity index (χ0v) is 12.2. The number of nitrogens with two attached hydrogens (primary N) is 1. The molecule has 1 aromatic rings. The van der Waals surface area contributed by atoms with Crippen LogP contribution in [-0.4, -0.2) is 37.0 Å². The van der Waals surface area contributed by atoms with Crippen molar-refractivity contribution >= 4 is 15.7 Å². The monoisotopic (exact) mass is 302 g/mol. The van der Waals surface area contributed by atoms with E-state index in [0.717, 1.165) is 18.9 Å². The average molecular weight is 302 g/mol. The molecule has 0 spiro atoms. The fraction of sp³-hybridized carbons (Fsp3) is 0.538. The summed E-state index contributed by atoms with van der Waals surface area (Å²) in [5.74, 6) is -0.596. The van der Waals surface area contributed by atoms with E-state index in [-0.39, 0.29) is 22.8 Å². The number of aryl methyl sites for hydroxylation is 1. The second-order valence-electron chi connectivity index (χ2n) is 5.09. The largest absolute Gasteiger partial charge is 0.396 e. The van der Waals surface area contributed by atoms with Crippen molar-refractivity contribution in [2.45, 2.75) is 37.1 Å². The molecule has 7 heteroatoms. The van der Waals surface area contributed by atoms with Gasteiger partial charge in [0.05, 0.1) is 17.2 Å². The topological polar surface area (TPSA) is 83.6 Å². The molecule has 1 aliphatic heterocycles. The fourth-order valence-corrected chi connectivity index (χ4v) is 4.33. The van der Waals surface area contributed by atoms with Crippen LogP contribution in [0.15, 0.2) is 17.0 Å². The van der Waals surface area contributed by atoms with Crippen molar-refractivity contribution in [3.63, 3.8) is 0 Å². The van der Waals surface area contributed by atoms with E-state index in [1.54, 1.807) is 0 Å². The van der Waals surface area contributed by atoms with Gasteiger partial charge >= 0.3 is 0 Å². The number of nitrogen functional groups attached to an aromatic ring is 1. The summed E-state index contributed by atoms with van der Waals surface area (Å²) < 4.78 is 40.0. The highest BCUT2D eigenvalue weighted by atomic mass is 32.2. The normalized spacial score (nSPS) is 21.1. The predicted octanol–water partition coefficient (Wildman–Crippen LogP) is 1.25. The Bertz CT molecular complexity index is 581. The molecule has 0 aromatic heterocycles. The Kier molecular flexibility index (Phi) is 4.31. The van der Waals surface area contributed by atoms with Gasteiger partial charge in [-0.2, -0.15) is 4.31 Å². The third-order valence-electron chi connectivity index (χ3n) is 3.65. The number of benzene rings is 1. The van der Waals surface area contributed by atoms with E-state index in [1.807, 2.05) is 0 Å². The van der Waals surface area contributed by atoms with Gasteiger partial charge in [0.25, 0.3) is 0 Å². The van der Waals surface area contributed by atoms with Crippen molar-refractivity contribution in [3.05, 3.63) is 23.5 Å². The standard InChI is InChI=1S/C13H19FN2O3S/c1-9-6-11(7-12(15)13(9)14)20(18,19)16-5-3-2-4-10(16)8-17/h6-7,10,17H,2-5,8,15H2,1H3. The zero-order chi connectivity index (χ0) is 14.9. The maximum Gasteiger partial charge on any atom is 0.243 e. The Morgan fingerprint density at radius 1 is 1.45 bits per heavy atom. The number of aliphatic hydroxyl groups is 1. The molecule has 0 amide bonds. The highest BCUT2D eigenvalue weighted by molar-refractivity contribution is 7.89. The van der Waals surface area contributed by atoms with E-state index in [1.165, 1.54) is 17.3 Å². The molecule has 2 rings (SSSR count). The van der Waals surface area contributed by atoms with Crippen molar-refractivity contribution in [1.82, 2.24) is 4.31 Å². The van der Waals surface area contributed by atoms with Crippen LogP contribution in [0.1, 0.15) is 24.8 Å². The summed E-state index contributed by atoms with van der Waals surface area (Å²) in [6.07, 6.45) is 2.28. The van der Waals surface area contributed by atoms with Crippen LogP contribution in [0.4, 0.5) is 10.1 Å². The average Bonchev–Trinajstić information content (AvgIpc) is 2.44. The molecule has 0 saturated carbocycles. The first-order valence-corrected chi connectivity index (χ1v) is 8.00. The van der Waals surface area contributed by atoms with Crippen molar-refractivity contribution in [1.29, 1.82) is 0 Å². The molecular weight excluding hydrogens is 283 g/mol. The van der Waals surface area contributed by atoms with E-state index in [0.29, 0.717) is 13.0 Å². The Labute approximate surface area is 118 Å². The lowest BCUT2D eigenvalue weighted by atomic mass is 10.1. The van der Waals surface area contributed by atoms with E-state index >= 15 is 0 Å². The molecule has 20 heavy (non-hydrogen) atoms. The quantitative estimate of drug-likeness (QED) is 0.823. The highest BCUT2D eigenvalue weighted by Gasteiger charge is 2.33. The first-order valence-electron chi connectivity index (χ1n) is 6.56. The van der Waals surface area contributed by atoms with Crippen LogP contribution in [0.2, 0.25) is 0 Å². The maximum absolute atomic E-state index is 13.5. The van der Waals surface area contributed by atoms with E-state index in [9.17, 15) is 17.9 Å². The minimum absolute atomic E-state index is 0.0192. The molecule has 0 aliphatic carbocycles. The van der Waals surface area contributed by atoms with E-state index in [2.05, 4.69) is 0 Å². The molecule has 0 radical (unpaired) electrons. The second-order valence-corrected chi connectivity index (χ2v) is 6.98. The van der Waals surface area contributed by atoms with Crippen LogP contribution in [0.3, 0.4) is 0 Å². The van der Waals surface area contributed by atoms with Gasteiger partial charge in [0.15, 0.2) is 0 Å². The summed E-state index contributed by atoms with van der Waals surface area (Å²) in [6.45, 7) is 1.63. The molecular formula is C13H19FN2O3S. The van der Waals surface area contributed by atoms with Gasteiger partial charge in [-0.25, -0.2) is 12.8 Å². The van der Waals surface area contributed by atoms with Gasteiger partial charge in [0, 0.05) is 12.6 Å². The molecule has 1 fully saturated rings. The summed E-state index contributed by atoms with van der Waals surface area (Å²) in [4.78, 5) is -0.0192. The molecule has 112 valence electrons. The minimum Gasteiger partial charge on any atom is -0.396 e. The fourth-order valence-electron chi connectivity index (χ4n) is 2.52. The zero-order valence-electron chi connectivity index (χ0n) is 11.3. The van der Waals surface area contributed by atoms with Gasteiger partial charge in [0.2, 0.25) is 10.0 Å². The number of anilines is 1. The van der Waals surface area contributed by atoms with Gasteiger partial charge < -0.3 is 10.8 Å². The lowest BCUT2D eigenvalue weighted by Gasteiger charge is -2.33. The third kappa shape index (κ3) is 2.65. The van der Waals surface area contributed by atoms with Crippen LogP contribution >= 0.6 is 0 Å². The molecule has 1 atom stereocenters. The van der Waals surface area contributed by atoms with Crippen LogP contribution in [-0.2, 0) is 10.0 Å². The first kappa shape index (κ1) is 15.2. The highest BCUT2D eigenvalue weighted by Crippen LogP contribution is 2.28. The SMILES string of the molecule is Cc1cc(S(=O)(=O)N2CCCCC2CO)cc(N)c1F. The number of piperidine rings is 1. The Morgan fingerprint density at radius 3 is 2.75 bits per heavy atom. The van der Waals surface area contributed by atoms with Crippen molar-refractivity contribution in [2.75, 3.05) is 18.9 Å². The summed E-state index contributed by atoms with van der Waals surface area (Å²) in [5.41, 5.74) is 5.52. The van der Waals surface area contributed by atoms with Crippen LogP contribution < -0.4 is 5.73 Å². The molecule has 1 aromatic carbocycles. The number of hydrogen-bond acceptors (Lipinski definition) is 4. The smallest absolute Gasteiger partial charge is 0.243 e. The van der Waals surface area contributed by atoms with Gasteiger partial charge in [-0.3, -0.25) is 0 Å². The number of aliphatic hydroxyl groups excluding tert-OH is 1. The molecule has 1 saturated heterocycles. The molecule has 5 nitrogen and oxygen atoms in total. The Balaban J connectivity index is 2.44. The van der Waals surface area contributed by atoms with Gasteiger partial charge in [-0.1, -0.05) is 6.42 Å². The molecule has 1 unspecified atom stereocenters. The Hall–Kier alpha value is -1.18. The van der Waals surface area contributed by atoms with Gasteiger partial charge in [0.1, 0.15) is 5.82 Å². The molecule has 0 bridgehead atoms. The summed E-state index contributed by atoms with van der Waals surface area (Å²) in [7, 11) is -3.76. The number of halogens is 1. The van der Waals surface area contributed by atoms with Crippen LogP contribution in [0.25, 0.3) is 0 Å². The van der Waals surface area contributed by atoms with Crippen molar-refractivity contribution < 1.29 is 17.9 Å². The van der Waals surface area contributed by atoms with Crippen LogP contribution in [0.5, 0.6) is 0 Å². The Morgan fingerprint density at radius 2 is 2.15 bits per heavy atom. The molecule has 1 aliphatic rings. The second kappa shape index (κ2) is 5.67. The number of rotatable bonds is 3. The maximum atomic E-state index is 13.5. The van der Waals surface area contributed by atoms with Gasteiger partial charge in [-0.05, 0) is 37.5 Å². The van der Waals surface area contributed by atoms with Crippen molar-refractivity contribution in [3.8, 4) is 0 Å². The summed E-state index contributed by atoms with van der Waals surface area (Å²) in [5, 5.41) is 9.33.